The Hall–Kier alpha value is -1.06. The monoisotopic (exact) mass is 228 g/mol. The minimum atomic E-state index is -0.623. The van der Waals surface area contributed by atoms with E-state index in [1.807, 2.05) is 41.5 Å². The molecule has 0 aliphatic heterocycles. The first-order chi connectivity index (χ1) is 6.93. The maximum Gasteiger partial charge on any atom is 0.240 e. The molecule has 4 nitrogen and oxygen atoms in total. The molecule has 0 fully saturated rings. The third-order valence-corrected chi connectivity index (χ3v) is 2.15. The van der Waals surface area contributed by atoms with Crippen molar-refractivity contribution in [1.29, 1.82) is 0 Å². The standard InChI is InChI=1S/C12H24N2O2/c1-11(2,3)7-8(15)14-9(10(13)16)12(4,5)6/h9H,7H2,1-6H3,(H2,13,16)(H,14,15)/t9-/m0/s1. The lowest BCUT2D eigenvalue weighted by molar-refractivity contribution is -0.130. The quantitative estimate of drug-likeness (QED) is 0.767. The maximum atomic E-state index is 11.7. The molecule has 0 saturated carbocycles. The van der Waals surface area contributed by atoms with Crippen LogP contribution in [-0.2, 0) is 9.59 Å². The SMILES string of the molecule is CC(C)(C)CC(=O)N[C@@H](C(N)=O)C(C)(C)C. The Morgan fingerprint density at radius 3 is 1.81 bits per heavy atom. The average Bonchev–Trinajstić information content (AvgIpc) is 1.93. The van der Waals surface area contributed by atoms with Crippen LogP contribution >= 0.6 is 0 Å². The number of amides is 2. The van der Waals surface area contributed by atoms with E-state index in [0.29, 0.717) is 6.42 Å². The number of rotatable bonds is 3. The van der Waals surface area contributed by atoms with Crippen LogP contribution in [-0.4, -0.2) is 17.9 Å². The zero-order valence-corrected chi connectivity index (χ0v) is 11.2. The van der Waals surface area contributed by atoms with Crippen LogP contribution < -0.4 is 11.1 Å². The Morgan fingerprint density at radius 2 is 1.56 bits per heavy atom. The fourth-order valence-corrected chi connectivity index (χ4v) is 1.41. The zero-order chi connectivity index (χ0) is 13.1. The molecule has 0 bridgehead atoms. The molecule has 0 aliphatic rings. The Labute approximate surface area is 98.0 Å². The van der Waals surface area contributed by atoms with Crippen LogP contribution in [0.5, 0.6) is 0 Å². The van der Waals surface area contributed by atoms with Gasteiger partial charge in [-0.15, -0.1) is 0 Å². The summed E-state index contributed by atoms with van der Waals surface area (Å²) in [5.74, 6) is -0.624. The minimum Gasteiger partial charge on any atom is -0.368 e. The van der Waals surface area contributed by atoms with Gasteiger partial charge in [0.2, 0.25) is 11.8 Å². The summed E-state index contributed by atoms with van der Waals surface area (Å²) in [6.45, 7) is 11.5. The third kappa shape index (κ3) is 5.73. The fraction of sp³-hybridized carbons (Fsp3) is 0.833. The number of nitrogens with two attached hydrogens (primary N) is 1. The van der Waals surface area contributed by atoms with Crippen molar-refractivity contribution in [2.45, 2.75) is 54.0 Å². The molecule has 2 amide bonds. The van der Waals surface area contributed by atoms with Crippen molar-refractivity contribution in [1.82, 2.24) is 5.32 Å². The van der Waals surface area contributed by atoms with Gasteiger partial charge in [0.25, 0.3) is 0 Å². The molecule has 1 atom stereocenters. The third-order valence-electron chi connectivity index (χ3n) is 2.15. The van der Waals surface area contributed by atoms with E-state index in [1.54, 1.807) is 0 Å². The molecule has 0 aromatic heterocycles. The molecule has 0 spiro atoms. The topological polar surface area (TPSA) is 72.2 Å². The van der Waals surface area contributed by atoms with Crippen LogP contribution in [0.1, 0.15) is 48.0 Å². The number of hydrogen-bond acceptors (Lipinski definition) is 2. The number of carbonyl (C=O) groups is 2. The molecule has 0 aromatic rings. The summed E-state index contributed by atoms with van der Waals surface area (Å²) >= 11 is 0. The van der Waals surface area contributed by atoms with Crippen molar-refractivity contribution in [2.75, 3.05) is 0 Å². The summed E-state index contributed by atoms with van der Waals surface area (Å²) in [7, 11) is 0. The summed E-state index contributed by atoms with van der Waals surface area (Å²) in [5.41, 5.74) is 4.83. The smallest absolute Gasteiger partial charge is 0.240 e. The Kier molecular flexibility index (Phi) is 4.53. The fourth-order valence-electron chi connectivity index (χ4n) is 1.41. The average molecular weight is 228 g/mol. The van der Waals surface area contributed by atoms with Gasteiger partial charge in [-0.2, -0.15) is 0 Å². The molecular formula is C12H24N2O2. The summed E-state index contributed by atoms with van der Waals surface area (Å²) in [6, 6.07) is -0.623. The summed E-state index contributed by atoms with van der Waals surface area (Å²) in [5, 5.41) is 2.70. The largest absolute Gasteiger partial charge is 0.368 e. The zero-order valence-electron chi connectivity index (χ0n) is 11.2. The highest BCUT2D eigenvalue weighted by Crippen LogP contribution is 2.21. The van der Waals surface area contributed by atoms with E-state index in [1.165, 1.54) is 0 Å². The highest BCUT2D eigenvalue weighted by atomic mass is 16.2. The van der Waals surface area contributed by atoms with E-state index in [2.05, 4.69) is 5.32 Å². The molecule has 3 N–H and O–H groups in total. The second-order valence-electron chi connectivity index (χ2n) is 6.51. The predicted molar refractivity (Wildman–Crippen MR) is 64.7 cm³/mol. The van der Waals surface area contributed by atoms with Gasteiger partial charge in [0.15, 0.2) is 0 Å². The molecule has 0 unspecified atom stereocenters. The van der Waals surface area contributed by atoms with Gasteiger partial charge in [-0.3, -0.25) is 9.59 Å². The van der Waals surface area contributed by atoms with Gasteiger partial charge in [-0.05, 0) is 10.8 Å². The van der Waals surface area contributed by atoms with Gasteiger partial charge in [-0.25, -0.2) is 0 Å². The number of hydrogen-bond donors (Lipinski definition) is 2. The maximum absolute atomic E-state index is 11.7. The summed E-state index contributed by atoms with van der Waals surface area (Å²) in [4.78, 5) is 23.0. The van der Waals surface area contributed by atoms with Crippen LogP contribution in [0, 0.1) is 10.8 Å². The van der Waals surface area contributed by atoms with Gasteiger partial charge in [-0.1, -0.05) is 41.5 Å². The van der Waals surface area contributed by atoms with Crippen LogP contribution in [0.2, 0.25) is 0 Å². The molecule has 0 saturated heterocycles. The molecule has 16 heavy (non-hydrogen) atoms. The van der Waals surface area contributed by atoms with Crippen molar-refractivity contribution in [3.8, 4) is 0 Å². The Bertz CT molecular complexity index is 272. The number of nitrogens with one attached hydrogen (secondary N) is 1. The van der Waals surface area contributed by atoms with Crippen molar-refractivity contribution in [2.24, 2.45) is 16.6 Å². The van der Waals surface area contributed by atoms with E-state index in [9.17, 15) is 9.59 Å². The first-order valence-corrected chi connectivity index (χ1v) is 5.52. The number of carbonyl (C=O) groups excluding carboxylic acids is 2. The molecule has 0 rings (SSSR count). The Morgan fingerprint density at radius 1 is 1.12 bits per heavy atom. The van der Waals surface area contributed by atoms with Crippen molar-refractivity contribution < 1.29 is 9.59 Å². The van der Waals surface area contributed by atoms with E-state index >= 15 is 0 Å². The Balaban J connectivity index is 4.56. The normalized spacial score (nSPS) is 14.4. The first-order valence-electron chi connectivity index (χ1n) is 5.52. The van der Waals surface area contributed by atoms with Crippen molar-refractivity contribution >= 4 is 11.8 Å². The molecule has 0 aromatic carbocycles. The molecule has 4 heteroatoms. The second kappa shape index (κ2) is 4.85. The molecule has 0 aliphatic carbocycles. The second-order valence-corrected chi connectivity index (χ2v) is 6.51. The molecule has 94 valence electrons. The lowest BCUT2D eigenvalue weighted by Gasteiger charge is -2.29. The first kappa shape index (κ1) is 14.9. The van der Waals surface area contributed by atoms with Gasteiger partial charge in [0, 0.05) is 6.42 Å². The van der Waals surface area contributed by atoms with Gasteiger partial charge >= 0.3 is 0 Å². The highest BCUT2D eigenvalue weighted by Gasteiger charge is 2.31. The van der Waals surface area contributed by atoms with Crippen molar-refractivity contribution in [3.05, 3.63) is 0 Å². The van der Waals surface area contributed by atoms with E-state index in [-0.39, 0.29) is 16.7 Å². The van der Waals surface area contributed by atoms with Crippen molar-refractivity contribution in [3.63, 3.8) is 0 Å². The van der Waals surface area contributed by atoms with Gasteiger partial charge in [0.05, 0.1) is 0 Å². The van der Waals surface area contributed by atoms with E-state index in [0.717, 1.165) is 0 Å². The highest BCUT2D eigenvalue weighted by molar-refractivity contribution is 5.87. The van der Waals surface area contributed by atoms with Crippen LogP contribution in [0.4, 0.5) is 0 Å². The minimum absolute atomic E-state index is 0.0931. The molecule has 0 radical (unpaired) electrons. The van der Waals surface area contributed by atoms with Crippen LogP contribution in [0.3, 0.4) is 0 Å². The van der Waals surface area contributed by atoms with Crippen LogP contribution in [0.25, 0.3) is 0 Å². The lowest BCUT2D eigenvalue weighted by atomic mass is 9.85. The summed E-state index contributed by atoms with van der Waals surface area (Å²) < 4.78 is 0. The number of primary amides is 1. The summed E-state index contributed by atoms with van der Waals surface area (Å²) in [6.07, 6.45) is 0.382. The predicted octanol–water partition coefficient (Wildman–Crippen LogP) is 1.44. The molecule has 0 heterocycles. The molecular weight excluding hydrogens is 204 g/mol. The van der Waals surface area contributed by atoms with Gasteiger partial charge in [0.1, 0.15) is 6.04 Å². The van der Waals surface area contributed by atoms with E-state index < -0.39 is 11.9 Å². The van der Waals surface area contributed by atoms with Gasteiger partial charge < -0.3 is 11.1 Å². The lowest BCUT2D eigenvalue weighted by Crippen LogP contribution is -2.52. The van der Waals surface area contributed by atoms with E-state index in [4.69, 9.17) is 5.73 Å². The van der Waals surface area contributed by atoms with Crippen LogP contribution in [0.15, 0.2) is 0 Å².